The summed E-state index contributed by atoms with van der Waals surface area (Å²) < 4.78 is 0.773. The highest BCUT2D eigenvalue weighted by atomic mass is 35.5. The summed E-state index contributed by atoms with van der Waals surface area (Å²) in [5.41, 5.74) is 0.725. The second-order valence-corrected chi connectivity index (χ2v) is 8.41. The number of nitrogens with one attached hydrogen (secondary N) is 2. The predicted octanol–water partition coefficient (Wildman–Crippen LogP) is 4.38. The Bertz CT molecular complexity index is 645. The van der Waals surface area contributed by atoms with Crippen molar-refractivity contribution in [3.8, 4) is 0 Å². The summed E-state index contributed by atoms with van der Waals surface area (Å²) in [6.07, 6.45) is 0. The number of halogens is 1. The molecule has 2 N–H and O–H groups in total. The Morgan fingerprint density at radius 1 is 1.26 bits per heavy atom. The molecule has 1 aromatic heterocycles. The van der Waals surface area contributed by atoms with Crippen LogP contribution in [-0.2, 0) is 4.79 Å². The van der Waals surface area contributed by atoms with Crippen molar-refractivity contribution < 1.29 is 4.79 Å². The number of hydrogen-bond donors (Lipinski definition) is 2. The SMILES string of the molecule is CC(C)CNc1nnc(SC(C)C(=O)Nc2ccc(Cl)cc2)s1. The van der Waals surface area contributed by atoms with E-state index in [0.717, 1.165) is 21.7 Å². The molecule has 0 fully saturated rings. The van der Waals surface area contributed by atoms with Crippen molar-refractivity contribution in [1.29, 1.82) is 0 Å². The van der Waals surface area contributed by atoms with Gasteiger partial charge in [-0.05, 0) is 37.1 Å². The average molecular weight is 371 g/mol. The first-order valence-corrected chi connectivity index (χ1v) is 9.32. The van der Waals surface area contributed by atoms with Crippen molar-refractivity contribution in [2.24, 2.45) is 5.92 Å². The smallest absolute Gasteiger partial charge is 0.237 e. The minimum Gasteiger partial charge on any atom is -0.360 e. The van der Waals surface area contributed by atoms with Crippen LogP contribution in [0.4, 0.5) is 10.8 Å². The van der Waals surface area contributed by atoms with Gasteiger partial charge in [-0.15, -0.1) is 10.2 Å². The second kappa shape index (κ2) is 8.52. The van der Waals surface area contributed by atoms with Gasteiger partial charge in [0.25, 0.3) is 0 Å². The highest BCUT2D eigenvalue weighted by Gasteiger charge is 2.17. The lowest BCUT2D eigenvalue weighted by Crippen LogP contribution is -2.22. The van der Waals surface area contributed by atoms with E-state index in [-0.39, 0.29) is 11.2 Å². The summed E-state index contributed by atoms with van der Waals surface area (Å²) in [6, 6.07) is 7.03. The lowest BCUT2D eigenvalue weighted by molar-refractivity contribution is -0.115. The molecule has 23 heavy (non-hydrogen) atoms. The summed E-state index contributed by atoms with van der Waals surface area (Å²) in [4.78, 5) is 12.2. The molecule has 0 aliphatic carbocycles. The van der Waals surface area contributed by atoms with Gasteiger partial charge in [0.15, 0.2) is 4.34 Å². The number of carbonyl (C=O) groups is 1. The molecule has 1 atom stereocenters. The van der Waals surface area contributed by atoms with Crippen molar-refractivity contribution in [3.63, 3.8) is 0 Å². The zero-order valence-electron chi connectivity index (χ0n) is 13.2. The Morgan fingerprint density at radius 3 is 2.61 bits per heavy atom. The molecule has 124 valence electrons. The molecule has 0 bridgehead atoms. The highest BCUT2D eigenvalue weighted by Crippen LogP contribution is 2.29. The van der Waals surface area contributed by atoms with Gasteiger partial charge in [0.05, 0.1) is 5.25 Å². The van der Waals surface area contributed by atoms with Crippen LogP contribution in [0, 0.1) is 5.92 Å². The fourth-order valence-electron chi connectivity index (χ4n) is 1.60. The van der Waals surface area contributed by atoms with E-state index < -0.39 is 0 Å². The lowest BCUT2D eigenvalue weighted by Gasteiger charge is -2.10. The molecule has 0 saturated carbocycles. The van der Waals surface area contributed by atoms with E-state index in [0.29, 0.717) is 10.9 Å². The molecule has 1 unspecified atom stereocenters. The molecule has 0 aliphatic heterocycles. The summed E-state index contributed by atoms with van der Waals surface area (Å²) in [7, 11) is 0. The molecule has 0 spiro atoms. The normalized spacial score (nSPS) is 12.2. The Balaban J connectivity index is 1.86. The van der Waals surface area contributed by atoms with Gasteiger partial charge in [-0.3, -0.25) is 4.79 Å². The number of rotatable bonds is 7. The topological polar surface area (TPSA) is 66.9 Å². The molecule has 1 amide bonds. The molecule has 2 rings (SSSR count). The molecular formula is C15H19ClN4OS2. The molecule has 5 nitrogen and oxygen atoms in total. The van der Waals surface area contributed by atoms with Crippen LogP contribution in [0.1, 0.15) is 20.8 Å². The maximum absolute atomic E-state index is 12.2. The Labute approximate surface area is 149 Å². The monoisotopic (exact) mass is 370 g/mol. The summed E-state index contributed by atoms with van der Waals surface area (Å²) >= 11 is 8.69. The van der Waals surface area contributed by atoms with Crippen LogP contribution in [0.2, 0.25) is 5.02 Å². The third-order valence-electron chi connectivity index (χ3n) is 2.83. The standard InChI is InChI=1S/C15H19ClN4OS2/c1-9(2)8-17-14-19-20-15(23-14)22-10(3)13(21)18-12-6-4-11(16)5-7-12/h4-7,9-10H,8H2,1-3H3,(H,17,19)(H,18,21). The van der Waals surface area contributed by atoms with Gasteiger partial charge in [0.2, 0.25) is 11.0 Å². The zero-order chi connectivity index (χ0) is 16.8. The number of thioether (sulfide) groups is 1. The number of nitrogens with zero attached hydrogens (tertiary/aromatic N) is 2. The Morgan fingerprint density at radius 2 is 1.96 bits per heavy atom. The van der Waals surface area contributed by atoms with Gasteiger partial charge < -0.3 is 10.6 Å². The van der Waals surface area contributed by atoms with Crippen LogP contribution in [0.5, 0.6) is 0 Å². The number of aromatic nitrogens is 2. The minimum absolute atomic E-state index is 0.0794. The summed E-state index contributed by atoms with van der Waals surface area (Å²) in [5, 5.41) is 15.4. The molecule has 0 aliphatic rings. The first kappa shape index (κ1) is 18.0. The van der Waals surface area contributed by atoms with E-state index in [4.69, 9.17) is 11.6 Å². The first-order valence-electron chi connectivity index (χ1n) is 7.24. The van der Waals surface area contributed by atoms with Crippen molar-refractivity contribution in [3.05, 3.63) is 29.3 Å². The lowest BCUT2D eigenvalue weighted by atomic mass is 10.2. The third-order valence-corrected chi connectivity index (χ3v) is 5.14. The molecule has 1 aromatic carbocycles. The number of carbonyl (C=O) groups excluding carboxylic acids is 1. The largest absolute Gasteiger partial charge is 0.360 e. The van der Waals surface area contributed by atoms with Crippen LogP contribution >= 0.6 is 34.7 Å². The number of hydrogen-bond acceptors (Lipinski definition) is 6. The van der Waals surface area contributed by atoms with Crippen LogP contribution in [0.15, 0.2) is 28.6 Å². The second-order valence-electron chi connectivity index (χ2n) is 5.40. The fourth-order valence-corrected chi connectivity index (χ4v) is 3.63. The summed E-state index contributed by atoms with van der Waals surface area (Å²) in [6.45, 7) is 6.96. The fraction of sp³-hybridized carbons (Fsp3) is 0.400. The molecule has 8 heteroatoms. The third kappa shape index (κ3) is 6.01. The average Bonchev–Trinajstić information content (AvgIpc) is 2.95. The van der Waals surface area contributed by atoms with Gasteiger partial charge in [-0.25, -0.2) is 0 Å². The van der Waals surface area contributed by atoms with Gasteiger partial charge in [0.1, 0.15) is 0 Å². The quantitative estimate of drug-likeness (QED) is 0.708. The van der Waals surface area contributed by atoms with Crippen LogP contribution in [-0.4, -0.2) is 27.9 Å². The summed E-state index contributed by atoms with van der Waals surface area (Å²) in [5.74, 6) is 0.461. The number of benzene rings is 1. The molecule has 1 heterocycles. The Kier molecular flexibility index (Phi) is 6.68. The Hall–Kier alpha value is -1.31. The number of amides is 1. The van der Waals surface area contributed by atoms with E-state index >= 15 is 0 Å². The first-order chi connectivity index (χ1) is 10.9. The van der Waals surface area contributed by atoms with Crippen LogP contribution in [0.25, 0.3) is 0 Å². The molecular weight excluding hydrogens is 352 g/mol. The zero-order valence-corrected chi connectivity index (χ0v) is 15.6. The van der Waals surface area contributed by atoms with Crippen molar-refractivity contribution in [2.75, 3.05) is 17.2 Å². The molecule has 0 radical (unpaired) electrons. The predicted molar refractivity (Wildman–Crippen MR) is 98.6 cm³/mol. The highest BCUT2D eigenvalue weighted by molar-refractivity contribution is 8.02. The van der Waals surface area contributed by atoms with Gasteiger partial charge in [-0.1, -0.05) is 48.5 Å². The maximum atomic E-state index is 12.2. The molecule has 2 aromatic rings. The van der Waals surface area contributed by atoms with E-state index in [2.05, 4.69) is 34.7 Å². The van der Waals surface area contributed by atoms with Gasteiger partial charge >= 0.3 is 0 Å². The van der Waals surface area contributed by atoms with Crippen molar-refractivity contribution in [2.45, 2.75) is 30.4 Å². The van der Waals surface area contributed by atoms with Crippen LogP contribution < -0.4 is 10.6 Å². The van der Waals surface area contributed by atoms with E-state index in [1.807, 2.05) is 6.92 Å². The van der Waals surface area contributed by atoms with Gasteiger partial charge in [-0.2, -0.15) is 0 Å². The van der Waals surface area contributed by atoms with Crippen molar-refractivity contribution >= 4 is 51.4 Å². The number of anilines is 2. The molecule has 0 saturated heterocycles. The van der Waals surface area contributed by atoms with Crippen molar-refractivity contribution in [1.82, 2.24) is 10.2 Å². The maximum Gasteiger partial charge on any atom is 0.237 e. The van der Waals surface area contributed by atoms with E-state index in [1.54, 1.807) is 24.3 Å². The minimum atomic E-state index is -0.267. The van der Waals surface area contributed by atoms with Crippen LogP contribution in [0.3, 0.4) is 0 Å². The van der Waals surface area contributed by atoms with Gasteiger partial charge in [0, 0.05) is 17.3 Å². The van der Waals surface area contributed by atoms with E-state index in [1.165, 1.54) is 23.1 Å². The van der Waals surface area contributed by atoms with E-state index in [9.17, 15) is 4.79 Å².